The molecule has 3 rings (SSSR count). The van der Waals surface area contributed by atoms with Gasteiger partial charge in [-0.1, -0.05) is 20.8 Å². The molecule has 184 valence electrons. The van der Waals surface area contributed by atoms with Crippen molar-refractivity contribution in [3.63, 3.8) is 0 Å². The zero-order valence-electron chi connectivity index (χ0n) is 20.8. The summed E-state index contributed by atoms with van der Waals surface area (Å²) in [5.41, 5.74) is 0.352. The van der Waals surface area contributed by atoms with Crippen LogP contribution >= 0.6 is 11.8 Å². The fraction of sp³-hybridized carbons (Fsp3) is 0.714. The van der Waals surface area contributed by atoms with Gasteiger partial charge in [0.1, 0.15) is 12.3 Å². The van der Waals surface area contributed by atoms with Crippen LogP contribution in [0.5, 0.6) is 0 Å². The second kappa shape index (κ2) is 10.3. The number of thioether (sulfide) groups is 1. The average Bonchev–Trinajstić information content (AvgIpc) is 3.32. The monoisotopic (exact) mass is 496 g/mol. The summed E-state index contributed by atoms with van der Waals surface area (Å²) in [5.74, 6) is 0.789. The predicted molar refractivity (Wildman–Crippen MR) is 135 cm³/mol. The van der Waals surface area contributed by atoms with Crippen molar-refractivity contribution in [1.82, 2.24) is 24.4 Å². The van der Waals surface area contributed by atoms with Gasteiger partial charge >= 0.3 is 0 Å². The Kier molecular flexibility index (Phi) is 8.05. The van der Waals surface area contributed by atoms with Crippen LogP contribution in [-0.2, 0) is 13.9 Å². The maximum atomic E-state index is 12.5. The highest BCUT2D eigenvalue weighted by Gasteiger charge is 2.42. The van der Waals surface area contributed by atoms with Crippen LogP contribution in [0.2, 0.25) is 18.1 Å². The number of aromatic nitrogens is 4. The van der Waals surface area contributed by atoms with Crippen molar-refractivity contribution in [2.24, 2.45) is 4.99 Å². The van der Waals surface area contributed by atoms with E-state index in [1.165, 1.54) is 0 Å². The molecule has 0 spiro atoms. The molecule has 1 unspecified atom stereocenters. The van der Waals surface area contributed by atoms with Crippen molar-refractivity contribution >= 4 is 43.5 Å². The summed E-state index contributed by atoms with van der Waals surface area (Å²) in [5, 5.41) is 0.107. The minimum absolute atomic E-state index is 0.107. The third-order valence-electron chi connectivity index (χ3n) is 6.14. The summed E-state index contributed by atoms with van der Waals surface area (Å²) >= 11 is 1.62. The fourth-order valence-corrected chi connectivity index (χ4v) is 4.54. The molecule has 1 aliphatic heterocycles. The molecule has 2 aromatic rings. The topological polar surface area (TPSA) is 107 Å². The third kappa shape index (κ3) is 6.04. The van der Waals surface area contributed by atoms with E-state index in [1.54, 1.807) is 33.9 Å². The SMILES string of the molecule is CSCOC1C[C@H](n2cnc3c(=O)[nH]c(N=CN(C)C)nc32)O[C@@H]1CO[Si](C)(C)C(C)(C)C. The van der Waals surface area contributed by atoms with Gasteiger partial charge in [0.05, 0.1) is 31.3 Å². The number of H-pyrrole nitrogens is 1. The van der Waals surface area contributed by atoms with Crippen LogP contribution in [0, 0.1) is 0 Å². The molecular formula is C21H36N6O4SSi. The molecule has 1 saturated heterocycles. The Morgan fingerprint density at radius 2 is 2.15 bits per heavy atom. The standard InChI is InChI=1S/C21H36N6O4SSi/c1-21(2,3)33(7,8)30-10-15-14(29-13-32-6)9-16(31-15)27-12-22-17-18(27)24-20(25-19(17)28)23-11-26(4)5/h11-12,14-16H,9-10,13H2,1-8H3,(H,24,25,28)/t14?,15-,16-/m1/s1. The summed E-state index contributed by atoms with van der Waals surface area (Å²) in [6.07, 6.45) is 5.08. The molecule has 1 fully saturated rings. The molecule has 0 aromatic carbocycles. The van der Waals surface area contributed by atoms with E-state index in [1.807, 2.05) is 20.4 Å². The molecule has 10 nitrogen and oxygen atoms in total. The van der Waals surface area contributed by atoms with Gasteiger partial charge in [-0.2, -0.15) is 4.98 Å². The zero-order chi connectivity index (χ0) is 24.4. The molecule has 0 radical (unpaired) electrons. The number of fused-ring (bicyclic) bond motifs is 1. The molecular weight excluding hydrogens is 460 g/mol. The smallest absolute Gasteiger partial charge is 0.280 e. The number of hydrogen-bond donors (Lipinski definition) is 1. The van der Waals surface area contributed by atoms with Crippen LogP contribution in [0.1, 0.15) is 33.4 Å². The van der Waals surface area contributed by atoms with Gasteiger partial charge in [0.2, 0.25) is 5.95 Å². The normalized spacial score (nSPS) is 22.0. The van der Waals surface area contributed by atoms with Crippen LogP contribution in [0.4, 0.5) is 5.95 Å². The fourth-order valence-electron chi connectivity index (χ4n) is 3.22. The molecule has 0 bridgehead atoms. The molecule has 1 aliphatic rings. The maximum Gasteiger partial charge on any atom is 0.280 e. The average molecular weight is 497 g/mol. The summed E-state index contributed by atoms with van der Waals surface area (Å²) in [4.78, 5) is 29.9. The first-order valence-electron chi connectivity index (χ1n) is 11.0. The van der Waals surface area contributed by atoms with Crippen molar-refractivity contribution in [2.45, 2.75) is 63.8 Å². The Morgan fingerprint density at radius 1 is 1.42 bits per heavy atom. The molecule has 0 aliphatic carbocycles. The number of nitrogens with one attached hydrogen (secondary N) is 1. The minimum atomic E-state index is -1.94. The van der Waals surface area contributed by atoms with E-state index in [0.29, 0.717) is 24.6 Å². The zero-order valence-corrected chi connectivity index (χ0v) is 22.6. The maximum absolute atomic E-state index is 12.5. The second-order valence-electron chi connectivity index (χ2n) is 9.97. The second-order valence-corrected chi connectivity index (χ2v) is 15.6. The Bertz CT molecular complexity index is 1030. The van der Waals surface area contributed by atoms with Gasteiger partial charge in [-0.3, -0.25) is 14.3 Å². The summed E-state index contributed by atoms with van der Waals surface area (Å²) in [6, 6.07) is 0. The lowest BCUT2D eigenvalue weighted by Gasteiger charge is -2.37. The van der Waals surface area contributed by atoms with Crippen LogP contribution in [0.3, 0.4) is 0 Å². The van der Waals surface area contributed by atoms with Gasteiger partial charge in [0.25, 0.3) is 5.56 Å². The van der Waals surface area contributed by atoms with Crippen molar-refractivity contribution in [3.8, 4) is 0 Å². The quantitative estimate of drug-likeness (QED) is 0.244. The molecule has 0 saturated carbocycles. The number of rotatable bonds is 9. The molecule has 1 N–H and O–H groups in total. The van der Waals surface area contributed by atoms with E-state index >= 15 is 0 Å². The number of ether oxygens (including phenoxy) is 2. The van der Waals surface area contributed by atoms with E-state index in [2.05, 4.69) is 53.8 Å². The molecule has 12 heteroatoms. The lowest BCUT2D eigenvalue weighted by Crippen LogP contribution is -2.44. The van der Waals surface area contributed by atoms with Crippen molar-refractivity contribution in [1.29, 1.82) is 0 Å². The van der Waals surface area contributed by atoms with E-state index < -0.39 is 8.32 Å². The number of imidazole rings is 1. The number of hydrogen-bond acceptors (Lipinski definition) is 8. The first-order chi connectivity index (χ1) is 15.4. The molecule has 33 heavy (non-hydrogen) atoms. The Balaban J connectivity index is 1.86. The molecule has 3 atom stereocenters. The largest absolute Gasteiger partial charge is 0.414 e. The summed E-state index contributed by atoms with van der Waals surface area (Å²) in [6.45, 7) is 11.6. The highest BCUT2D eigenvalue weighted by atomic mass is 32.2. The molecule has 2 aromatic heterocycles. The highest BCUT2D eigenvalue weighted by Crippen LogP contribution is 2.38. The lowest BCUT2D eigenvalue weighted by atomic mass is 10.2. The number of nitrogens with zero attached hydrogens (tertiary/aromatic N) is 5. The Hall–Kier alpha value is -1.73. The van der Waals surface area contributed by atoms with Crippen LogP contribution in [0.15, 0.2) is 16.1 Å². The minimum Gasteiger partial charge on any atom is -0.414 e. The van der Waals surface area contributed by atoms with Gasteiger partial charge in [0, 0.05) is 20.5 Å². The van der Waals surface area contributed by atoms with Crippen molar-refractivity contribution in [2.75, 3.05) is 32.9 Å². The van der Waals surface area contributed by atoms with Crippen LogP contribution in [0.25, 0.3) is 11.2 Å². The van der Waals surface area contributed by atoms with Crippen LogP contribution < -0.4 is 5.56 Å². The lowest BCUT2D eigenvalue weighted by molar-refractivity contribution is -0.0507. The Morgan fingerprint density at radius 3 is 2.79 bits per heavy atom. The number of aliphatic imine (C=N–C) groups is 1. The summed E-state index contributed by atoms with van der Waals surface area (Å²) in [7, 11) is 1.75. The highest BCUT2D eigenvalue weighted by molar-refractivity contribution is 7.98. The Labute approximate surface area is 200 Å². The molecule has 3 heterocycles. The van der Waals surface area contributed by atoms with Gasteiger partial charge in [0.15, 0.2) is 19.5 Å². The van der Waals surface area contributed by atoms with Gasteiger partial charge < -0.3 is 18.8 Å². The molecule has 0 amide bonds. The van der Waals surface area contributed by atoms with Gasteiger partial charge in [-0.25, -0.2) is 9.98 Å². The predicted octanol–water partition coefficient (Wildman–Crippen LogP) is 3.36. The van der Waals surface area contributed by atoms with Gasteiger partial charge in [-0.15, -0.1) is 11.8 Å². The van der Waals surface area contributed by atoms with E-state index in [4.69, 9.17) is 13.9 Å². The first-order valence-corrected chi connectivity index (χ1v) is 15.3. The summed E-state index contributed by atoms with van der Waals surface area (Å²) < 4.78 is 20.7. The van der Waals surface area contributed by atoms with Gasteiger partial charge in [-0.05, 0) is 24.4 Å². The van der Waals surface area contributed by atoms with Crippen LogP contribution in [-0.4, -0.2) is 84.2 Å². The van der Waals surface area contributed by atoms with E-state index in [-0.39, 0.29) is 40.5 Å². The number of aromatic amines is 1. The third-order valence-corrected chi connectivity index (χ3v) is 11.0. The first kappa shape index (κ1) is 25.9. The van der Waals surface area contributed by atoms with E-state index in [9.17, 15) is 4.79 Å². The van der Waals surface area contributed by atoms with E-state index in [0.717, 1.165) is 0 Å². The van der Waals surface area contributed by atoms with Crippen molar-refractivity contribution < 1.29 is 13.9 Å². The van der Waals surface area contributed by atoms with Crippen molar-refractivity contribution in [3.05, 3.63) is 16.7 Å².